The lowest BCUT2D eigenvalue weighted by Crippen LogP contribution is -2.11. The number of aromatic nitrogens is 1. The number of hydrogen-bond acceptors (Lipinski definition) is 2. The van der Waals surface area contributed by atoms with Crippen molar-refractivity contribution < 1.29 is 8.42 Å². The lowest BCUT2D eigenvalue weighted by atomic mass is 10.1. The van der Waals surface area contributed by atoms with Crippen LogP contribution in [0.3, 0.4) is 0 Å². The molecule has 0 aliphatic heterocycles. The average molecular weight is 382 g/mol. The van der Waals surface area contributed by atoms with Crippen LogP contribution in [-0.4, -0.2) is 12.4 Å². The Kier molecular flexibility index (Phi) is 4.10. The van der Waals surface area contributed by atoms with Gasteiger partial charge in [0.1, 0.15) is 0 Å². The molecule has 0 atom stereocenters. The fourth-order valence-electron chi connectivity index (χ4n) is 3.04. The molecule has 1 aromatic heterocycles. The fraction of sp³-hybridized carbons (Fsp3) is 0.0476. The minimum atomic E-state index is -3.71. The Morgan fingerprint density at radius 3 is 2.27 bits per heavy atom. The maximum atomic E-state index is 13.2. The predicted octanol–water partition coefficient (Wildman–Crippen LogP) is 5.51. The van der Waals surface area contributed by atoms with E-state index in [0.717, 1.165) is 22.1 Å². The number of hydrogen-bond donors (Lipinski definition) is 0. The molecule has 0 aliphatic carbocycles. The van der Waals surface area contributed by atoms with Crippen LogP contribution in [0.4, 0.5) is 0 Å². The first-order valence-electron chi connectivity index (χ1n) is 8.15. The summed E-state index contributed by atoms with van der Waals surface area (Å²) in [7, 11) is -3.71. The van der Waals surface area contributed by atoms with Gasteiger partial charge in [0, 0.05) is 22.2 Å². The van der Waals surface area contributed by atoms with E-state index in [1.807, 2.05) is 37.3 Å². The molecular weight excluding hydrogens is 366 g/mol. The summed E-state index contributed by atoms with van der Waals surface area (Å²) in [4.78, 5) is 0.259. The van der Waals surface area contributed by atoms with Crippen LogP contribution >= 0.6 is 11.6 Å². The zero-order valence-corrected chi connectivity index (χ0v) is 15.6. The number of benzene rings is 3. The largest absolute Gasteiger partial charge is 0.268 e. The van der Waals surface area contributed by atoms with Crippen LogP contribution < -0.4 is 0 Å². The smallest absolute Gasteiger partial charge is 0.241 e. The molecule has 3 nitrogen and oxygen atoms in total. The molecule has 1 heterocycles. The summed E-state index contributed by atoms with van der Waals surface area (Å²) in [5.74, 6) is 0. The van der Waals surface area contributed by atoms with E-state index in [1.165, 1.54) is 3.97 Å². The summed E-state index contributed by atoms with van der Waals surface area (Å²) in [6.07, 6.45) is 1.67. The maximum absolute atomic E-state index is 13.2. The Bertz CT molecular complexity index is 1190. The number of fused-ring (bicyclic) bond motifs is 1. The van der Waals surface area contributed by atoms with Gasteiger partial charge < -0.3 is 0 Å². The summed E-state index contributed by atoms with van der Waals surface area (Å²) >= 11 is 6.18. The van der Waals surface area contributed by atoms with Gasteiger partial charge in [-0.1, -0.05) is 59.6 Å². The fourth-order valence-corrected chi connectivity index (χ4v) is 4.58. The van der Waals surface area contributed by atoms with Gasteiger partial charge in [-0.2, -0.15) is 0 Å². The minimum Gasteiger partial charge on any atom is -0.241 e. The molecule has 0 saturated heterocycles. The quantitative estimate of drug-likeness (QED) is 0.469. The second kappa shape index (κ2) is 6.31. The van der Waals surface area contributed by atoms with Gasteiger partial charge in [-0.05, 0) is 42.8 Å². The van der Waals surface area contributed by atoms with Crippen LogP contribution in [0.1, 0.15) is 5.56 Å². The van der Waals surface area contributed by atoms with Crippen LogP contribution in [0.25, 0.3) is 22.0 Å². The summed E-state index contributed by atoms with van der Waals surface area (Å²) in [5, 5.41) is 1.37. The number of nitrogens with zero attached hydrogens (tertiary/aromatic N) is 1. The third kappa shape index (κ3) is 2.81. The van der Waals surface area contributed by atoms with Crippen molar-refractivity contribution >= 4 is 32.5 Å². The molecule has 0 aliphatic rings. The Labute approximate surface area is 157 Å². The molecule has 0 saturated carbocycles. The summed E-state index contributed by atoms with van der Waals surface area (Å²) < 4.78 is 27.8. The topological polar surface area (TPSA) is 39.1 Å². The second-order valence-corrected chi connectivity index (χ2v) is 8.44. The zero-order valence-electron chi connectivity index (χ0n) is 14.1. The molecule has 0 fully saturated rings. The van der Waals surface area contributed by atoms with Gasteiger partial charge >= 0.3 is 0 Å². The van der Waals surface area contributed by atoms with E-state index in [0.29, 0.717) is 10.5 Å². The van der Waals surface area contributed by atoms with E-state index in [4.69, 9.17) is 11.6 Å². The molecule has 0 spiro atoms. The van der Waals surface area contributed by atoms with Crippen molar-refractivity contribution in [2.75, 3.05) is 0 Å². The highest BCUT2D eigenvalue weighted by Gasteiger charge is 2.21. The van der Waals surface area contributed by atoms with Gasteiger partial charge in [-0.15, -0.1) is 0 Å². The first-order chi connectivity index (χ1) is 12.5. The van der Waals surface area contributed by atoms with Gasteiger partial charge in [-0.3, -0.25) is 0 Å². The second-order valence-electron chi connectivity index (χ2n) is 6.18. The van der Waals surface area contributed by atoms with Crippen molar-refractivity contribution in [2.24, 2.45) is 0 Å². The van der Waals surface area contributed by atoms with Crippen LogP contribution in [-0.2, 0) is 10.0 Å². The molecular formula is C21H16ClNO2S. The van der Waals surface area contributed by atoms with E-state index < -0.39 is 10.0 Å². The molecule has 0 bridgehead atoms. The predicted molar refractivity (Wildman–Crippen MR) is 106 cm³/mol. The Balaban J connectivity index is 2.01. The van der Waals surface area contributed by atoms with Gasteiger partial charge in [0.05, 0.1) is 10.4 Å². The van der Waals surface area contributed by atoms with Crippen LogP contribution in [0.2, 0.25) is 5.02 Å². The van der Waals surface area contributed by atoms with Gasteiger partial charge in [-0.25, -0.2) is 12.4 Å². The van der Waals surface area contributed by atoms with Crippen LogP contribution in [0.15, 0.2) is 83.9 Å². The number of halogens is 1. The zero-order chi connectivity index (χ0) is 18.3. The van der Waals surface area contributed by atoms with Crippen molar-refractivity contribution in [2.45, 2.75) is 11.8 Å². The molecule has 0 amide bonds. The SMILES string of the molecule is Cc1ccc(S(=O)(=O)n2cc(-c3ccccc3)c3cc(Cl)ccc32)cc1. The molecule has 5 heteroatoms. The molecule has 4 aromatic rings. The van der Waals surface area contributed by atoms with E-state index in [9.17, 15) is 8.42 Å². The van der Waals surface area contributed by atoms with Crippen molar-refractivity contribution in [1.29, 1.82) is 0 Å². The van der Waals surface area contributed by atoms with Crippen molar-refractivity contribution in [3.05, 3.63) is 89.6 Å². The van der Waals surface area contributed by atoms with Crippen molar-refractivity contribution in [3.63, 3.8) is 0 Å². The molecule has 4 rings (SSSR count). The molecule has 26 heavy (non-hydrogen) atoms. The third-order valence-electron chi connectivity index (χ3n) is 4.40. The lowest BCUT2D eigenvalue weighted by molar-refractivity contribution is 0.589. The Hall–Kier alpha value is -2.56. The molecule has 0 N–H and O–H groups in total. The third-order valence-corrected chi connectivity index (χ3v) is 6.32. The number of rotatable bonds is 3. The molecule has 130 valence electrons. The van der Waals surface area contributed by atoms with Gasteiger partial charge in [0.25, 0.3) is 10.0 Å². The van der Waals surface area contributed by atoms with Gasteiger partial charge in [0.15, 0.2) is 0 Å². The monoisotopic (exact) mass is 381 g/mol. The summed E-state index contributed by atoms with van der Waals surface area (Å²) in [5.41, 5.74) is 3.39. The van der Waals surface area contributed by atoms with E-state index >= 15 is 0 Å². The average Bonchev–Trinajstić information content (AvgIpc) is 3.02. The first kappa shape index (κ1) is 16.9. The highest BCUT2D eigenvalue weighted by molar-refractivity contribution is 7.90. The highest BCUT2D eigenvalue weighted by Crippen LogP contribution is 2.34. The highest BCUT2D eigenvalue weighted by atomic mass is 35.5. The molecule has 3 aromatic carbocycles. The summed E-state index contributed by atoms with van der Waals surface area (Å²) in [6, 6.07) is 21.8. The van der Waals surface area contributed by atoms with E-state index in [2.05, 4.69) is 0 Å². The van der Waals surface area contributed by atoms with Crippen molar-refractivity contribution in [3.8, 4) is 11.1 Å². The Morgan fingerprint density at radius 1 is 0.885 bits per heavy atom. The standard InChI is InChI=1S/C21H16ClNO2S/c1-15-7-10-18(11-8-15)26(24,25)23-14-20(16-5-3-2-4-6-16)19-13-17(22)9-12-21(19)23/h2-14H,1H3. The van der Waals surface area contributed by atoms with E-state index in [-0.39, 0.29) is 4.90 Å². The number of aryl methyl sites for hydroxylation is 1. The normalized spacial score (nSPS) is 11.8. The van der Waals surface area contributed by atoms with Crippen LogP contribution in [0, 0.1) is 6.92 Å². The van der Waals surface area contributed by atoms with Crippen LogP contribution in [0.5, 0.6) is 0 Å². The lowest BCUT2D eigenvalue weighted by Gasteiger charge is -2.08. The van der Waals surface area contributed by atoms with E-state index in [1.54, 1.807) is 48.7 Å². The van der Waals surface area contributed by atoms with Crippen molar-refractivity contribution in [1.82, 2.24) is 3.97 Å². The van der Waals surface area contributed by atoms with Gasteiger partial charge in [0.2, 0.25) is 0 Å². The molecule has 0 radical (unpaired) electrons. The minimum absolute atomic E-state index is 0.259. The Morgan fingerprint density at radius 2 is 1.58 bits per heavy atom. The molecule has 0 unspecified atom stereocenters. The maximum Gasteiger partial charge on any atom is 0.268 e. The first-order valence-corrected chi connectivity index (χ1v) is 9.97. The summed E-state index contributed by atoms with van der Waals surface area (Å²) in [6.45, 7) is 1.93.